The van der Waals surface area contributed by atoms with E-state index >= 15 is 0 Å². The predicted octanol–water partition coefficient (Wildman–Crippen LogP) is 6.50. The second-order valence-electron chi connectivity index (χ2n) is 3.97. The minimum absolute atomic E-state index is 0.591. The minimum atomic E-state index is -5.60. The van der Waals surface area contributed by atoms with Gasteiger partial charge in [-0.15, -0.1) is 0 Å². The third-order valence-electron chi connectivity index (χ3n) is 2.52. The Labute approximate surface area is 120 Å². The average Bonchev–Trinajstić information content (AvgIpc) is 2.42. The van der Waals surface area contributed by atoms with E-state index in [1.54, 1.807) is 0 Å². The molecule has 1 aromatic rings. The molecular weight excluding hydrogens is 353 g/mol. The smallest absolute Gasteiger partial charge is 0.212 e. The summed E-state index contributed by atoms with van der Waals surface area (Å²) in [6.45, 7) is 0. The molecule has 0 aromatic heterocycles. The molecule has 0 unspecified atom stereocenters. The van der Waals surface area contributed by atoms with E-state index in [9.17, 15) is 48.3 Å². The Morgan fingerprint density at radius 1 is 0.739 bits per heavy atom. The first kappa shape index (κ1) is 19.0. The normalized spacial score (nSPS) is 13.3. The maximum Gasteiger partial charge on any atom is 0.417 e. The maximum atomic E-state index is 13.1. The van der Waals surface area contributed by atoms with Crippen LogP contribution in [-0.2, 0) is 12.4 Å². The zero-order valence-electron chi connectivity index (χ0n) is 10.4. The molecule has 11 heteroatoms. The quantitative estimate of drug-likeness (QED) is 0.531. The van der Waals surface area contributed by atoms with E-state index in [4.69, 9.17) is 0 Å². The van der Waals surface area contributed by atoms with Gasteiger partial charge in [-0.05, 0) is 12.1 Å². The van der Waals surface area contributed by atoms with E-state index in [0.29, 0.717) is 0 Å². The summed E-state index contributed by atoms with van der Waals surface area (Å²) in [6, 6.07) is -1.25. The van der Waals surface area contributed by atoms with Crippen molar-refractivity contribution in [2.75, 3.05) is 0 Å². The summed E-state index contributed by atoms with van der Waals surface area (Å²) < 4.78 is 139. The highest BCUT2D eigenvalue weighted by atomic mass is 19.4. The van der Waals surface area contributed by atoms with E-state index < -0.39 is 70.8 Å². The second-order valence-corrected chi connectivity index (χ2v) is 3.97. The van der Waals surface area contributed by atoms with Crippen LogP contribution in [0.5, 0.6) is 0 Å². The van der Waals surface area contributed by atoms with Crippen molar-refractivity contribution in [3.05, 3.63) is 46.8 Å². The van der Waals surface area contributed by atoms with Gasteiger partial charge in [0.05, 0.1) is 11.1 Å². The summed E-state index contributed by atoms with van der Waals surface area (Å²) in [5, 5.41) is 0. The molecular formula is C12H3F11. The summed E-state index contributed by atoms with van der Waals surface area (Å²) in [6.07, 6.45) is -15.5. The lowest BCUT2D eigenvalue weighted by Crippen LogP contribution is -2.15. The molecule has 0 atom stereocenters. The monoisotopic (exact) mass is 356 g/mol. The Balaban J connectivity index is 3.96. The van der Waals surface area contributed by atoms with Gasteiger partial charge in [-0.2, -0.15) is 35.1 Å². The number of benzene rings is 1. The summed E-state index contributed by atoms with van der Waals surface area (Å²) in [5.74, 6) is -5.20. The molecule has 128 valence electrons. The molecule has 0 amide bonds. The molecule has 0 saturated heterocycles. The van der Waals surface area contributed by atoms with Gasteiger partial charge in [0.15, 0.2) is 11.7 Å². The van der Waals surface area contributed by atoms with Crippen molar-refractivity contribution >= 4 is 11.7 Å². The first-order chi connectivity index (χ1) is 10.3. The van der Waals surface area contributed by atoms with Crippen LogP contribution in [0.4, 0.5) is 48.3 Å². The Bertz CT molecular complexity index is 657. The summed E-state index contributed by atoms with van der Waals surface area (Å²) in [5.41, 5.74) is -8.60. The van der Waals surface area contributed by atoms with Gasteiger partial charge in [-0.25, -0.2) is 13.2 Å². The van der Waals surface area contributed by atoms with Crippen LogP contribution in [0.3, 0.4) is 0 Å². The highest BCUT2D eigenvalue weighted by Crippen LogP contribution is 2.44. The minimum Gasteiger partial charge on any atom is -0.212 e. The third-order valence-corrected chi connectivity index (χ3v) is 2.52. The van der Waals surface area contributed by atoms with Crippen molar-refractivity contribution in [2.24, 2.45) is 0 Å². The van der Waals surface area contributed by atoms with E-state index in [-0.39, 0.29) is 0 Å². The van der Waals surface area contributed by atoms with Crippen LogP contribution in [0, 0.1) is 0 Å². The standard InChI is InChI=1S/C12H3F11/c13-3-8(14)4-1-7(12(21,22)23)5(9(15)10(16)17)2-6(4)11(18,19)20/h1-3H/b8-3+. The van der Waals surface area contributed by atoms with Crippen molar-refractivity contribution in [2.45, 2.75) is 12.4 Å². The lowest BCUT2D eigenvalue weighted by atomic mass is 9.96. The fourth-order valence-corrected chi connectivity index (χ4v) is 1.61. The van der Waals surface area contributed by atoms with E-state index in [1.165, 1.54) is 0 Å². The van der Waals surface area contributed by atoms with Crippen molar-refractivity contribution in [3.63, 3.8) is 0 Å². The van der Waals surface area contributed by atoms with E-state index in [1.807, 2.05) is 0 Å². The SMILES string of the molecule is F/C=C(/F)c1cc(C(F)(F)F)c(C(F)=C(F)F)cc1C(F)(F)F. The molecule has 0 aliphatic rings. The van der Waals surface area contributed by atoms with Crippen molar-refractivity contribution < 1.29 is 48.3 Å². The number of alkyl halides is 6. The zero-order valence-corrected chi connectivity index (χ0v) is 10.4. The Morgan fingerprint density at radius 3 is 1.48 bits per heavy atom. The van der Waals surface area contributed by atoms with Crippen LogP contribution in [0.2, 0.25) is 0 Å². The maximum absolute atomic E-state index is 13.1. The van der Waals surface area contributed by atoms with Gasteiger partial charge in [0.1, 0.15) is 6.33 Å². The van der Waals surface area contributed by atoms with Crippen LogP contribution in [-0.4, -0.2) is 0 Å². The van der Waals surface area contributed by atoms with Crippen molar-refractivity contribution in [1.29, 1.82) is 0 Å². The van der Waals surface area contributed by atoms with Gasteiger partial charge < -0.3 is 0 Å². The van der Waals surface area contributed by atoms with Gasteiger partial charge >= 0.3 is 18.4 Å². The summed E-state index contributed by atoms with van der Waals surface area (Å²) in [7, 11) is 0. The van der Waals surface area contributed by atoms with Gasteiger partial charge in [0, 0.05) is 11.1 Å². The first-order valence-electron chi connectivity index (χ1n) is 5.30. The van der Waals surface area contributed by atoms with Crippen LogP contribution in [0.25, 0.3) is 11.7 Å². The molecule has 0 N–H and O–H groups in total. The molecule has 0 radical (unpaired) electrons. The lowest BCUT2D eigenvalue weighted by Gasteiger charge is -2.18. The summed E-state index contributed by atoms with van der Waals surface area (Å²) >= 11 is 0. The first-order valence-corrected chi connectivity index (χ1v) is 5.30. The van der Waals surface area contributed by atoms with Crippen molar-refractivity contribution in [1.82, 2.24) is 0 Å². The third kappa shape index (κ3) is 4.02. The Morgan fingerprint density at radius 2 is 1.13 bits per heavy atom. The predicted molar refractivity (Wildman–Crippen MR) is 56.9 cm³/mol. The molecule has 0 spiro atoms. The number of hydrogen-bond donors (Lipinski definition) is 0. The molecule has 0 nitrogen and oxygen atoms in total. The number of halogens is 11. The Kier molecular flexibility index (Phi) is 5.12. The van der Waals surface area contributed by atoms with Gasteiger partial charge in [-0.1, -0.05) is 0 Å². The number of rotatable bonds is 2. The van der Waals surface area contributed by atoms with E-state index in [2.05, 4.69) is 0 Å². The summed E-state index contributed by atoms with van der Waals surface area (Å²) in [4.78, 5) is 0. The molecule has 0 aliphatic heterocycles. The molecule has 23 heavy (non-hydrogen) atoms. The second kappa shape index (κ2) is 6.20. The number of hydrogen-bond acceptors (Lipinski definition) is 0. The molecule has 0 saturated carbocycles. The van der Waals surface area contributed by atoms with Crippen LogP contribution in [0.15, 0.2) is 24.5 Å². The topological polar surface area (TPSA) is 0 Å². The van der Waals surface area contributed by atoms with E-state index in [0.717, 1.165) is 0 Å². The van der Waals surface area contributed by atoms with Gasteiger partial charge in [0.25, 0.3) is 0 Å². The Hall–Kier alpha value is -2.07. The highest BCUT2D eigenvalue weighted by molar-refractivity contribution is 5.71. The van der Waals surface area contributed by atoms with Crippen molar-refractivity contribution in [3.8, 4) is 0 Å². The lowest BCUT2D eigenvalue weighted by molar-refractivity contribution is -0.141. The fourth-order valence-electron chi connectivity index (χ4n) is 1.61. The van der Waals surface area contributed by atoms with Crippen LogP contribution >= 0.6 is 0 Å². The molecule has 0 fully saturated rings. The van der Waals surface area contributed by atoms with Crippen LogP contribution in [0.1, 0.15) is 22.3 Å². The molecule has 1 aromatic carbocycles. The zero-order chi connectivity index (χ0) is 18.2. The van der Waals surface area contributed by atoms with Gasteiger partial charge in [0.2, 0.25) is 0 Å². The molecule has 0 bridgehead atoms. The molecule has 0 aliphatic carbocycles. The highest BCUT2D eigenvalue weighted by Gasteiger charge is 2.41. The largest absolute Gasteiger partial charge is 0.417 e. The fraction of sp³-hybridized carbons (Fsp3) is 0.167. The average molecular weight is 356 g/mol. The molecule has 0 heterocycles. The molecule has 1 rings (SSSR count). The van der Waals surface area contributed by atoms with Crippen LogP contribution < -0.4 is 0 Å². The van der Waals surface area contributed by atoms with Gasteiger partial charge in [-0.3, -0.25) is 0 Å².